The highest BCUT2D eigenvalue weighted by Gasteiger charge is 2.34. The van der Waals surface area contributed by atoms with Crippen LogP contribution in [0.3, 0.4) is 0 Å². The van der Waals surface area contributed by atoms with Crippen LogP contribution in [0, 0.1) is 12.7 Å². The first-order valence-electron chi connectivity index (χ1n) is 10.3. The van der Waals surface area contributed by atoms with Gasteiger partial charge in [0.15, 0.2) is 11.6 Å². The fraction of sp³-hybridized carbons (Fsp3) is 0.333. The van der Waals surface area contributed by atoms with Crippen molar-refractivity contribution >= 4 is 38.4 Å². The van der Waals surface area contributed by atoms with Crippen LogP contribution in [-0.2, 0) is 22.0 Å². The molecule has 9 nitrogen and oxygen atoms in total. The fourth-order valence-electron chi connectivity index (χ4n) is 3.73. The van der Waals surface area contributed by atoms with E-state index in [-0.39, 0.29) is 46.9 Å². The summed E-state index contributed by atoms with van der Waals surface area (Å²) >= 11 is 6.29. The minimum absolute atomic E-state index is 0.0475. The second-order valence-corrected chi connectivity index (χ2v) is 9.90. The molecule has 1 saturated heterocycles. The molecule has 0 bridgehead atoms. The molecule has 3 aromatic rings. The number of halogens is 4. The van der Waals surface area contributed by atoms with Gasteiger partial charge in [-0.15, -0.1) is 0 Å². The van der Waals surface area contributed by atoms with E-state index in [1.807, 2.05) is 0 Å². The largest absolute Gasteiger partial charge is 0.452 e. The van der Waals surface area contributed by atoms with Crippen molar-refractivity contribution < 1.29 is 31.1 Å². The predicted octanol–water partition coefficient (Wildman–Crippen LogP) is 3.80. The predicted molar refractivity (Wildman–Crippen MR) is 123 cm³/mol. The quantitative estimate of drug-likeness (QED) is 0.496. The van der Waals surface area contributed by atoms with Crippen molar-refractivity contribution in [2.24, 2.45) is 7.05 Å². The topological polar surface area (TPSA) is 103 Å². The van der Waals surface area contributed by atoms with E-state index >= 15 is 0 Å². The van der Waals surface area contributed by atoms with Crippen LogP contribution < -0.4 is 15.0 Å². The zero-order valence-electron chi connectivity index (χ0n) is 18.5. The van der Waals surface area contributed by atoms with Crippen LogP contribution in [0.4, 0.5) is 18.9 Å². The molecule has 1 N–H and O–H groups in total. The lowest BCUT2D eigenvalue weighted by atomic mass is 10.1. The SMILES string of the molecule is Cc1c(Oc2c(F)ccc(NS(=O)(=O)N3CC[C@@H](OC(F)F)C3)c2Cl)ccc2ncn(C)c(=O)c12. The zero-order valence-corrected chi connectivity index (χ0v) is 20.0. The Balaban J connectivity index is 1.62. The average Bonchev–Trinajstić information content (AvgIpc) is 3.26. The van der Waals surface area contributed by atoms with Gasteiger partial charge in [-0.1, -0.05) is 11.6 Å². The van der Waals surface area contributed by atoms with Gasteiger partial charge in [0.1, 0.15) is 10.8 Å². The summed E-state index contributed by atoms with van der Waals surface area (Å²) in [4.78, 5) is 16.7. The summed E-state index contributed by atoms with van der Waals surface area (Å²) in [5.41, 5.74) is 0.300. The molecular weight excluding hydrogens is 513 g/mol. The maximum absolute atomic E-state index is 14.6. The Morgan fingerprint density at radius 1 is 1.26 bits per heavy atom. The third-order valence-electron chi connectivity index (χ3n) is 5.54. The minimum atomic E-state index is -4.21. The van der Waals surface area contributed by atoms with Gasteiger partial charge in [-0.25, -0.2) is 9.37 Å². The van der Waals surface area contributed by atoms with Gasteiger partial charge in [0.25, 0.3) is 5.56 Å². The summed E-state index contributed by atoms with van der Waals surface area (Å²) in [6, 6.07) is 5.09. The first-order valence-corrected chi connectivity index (χ1v) is 12.1. The Hall–Kier alpha value is -2.87. The van der Waals surface area contributed by atoms with Crippen LogP contribution in [0.5, 0.6) is 11.5 Å². The number of aromatic nitrogens is 2. The van der Waals surface area contributed by atoms with Gasteiger partial charge in [-0.2, -0.15) is 21.5 Å². The van der Waals surface area contributed by atoms with Crippen molar-refractivity contribution in [1.29, 1.82) is 0 Å². The Bertz CT molecular complexity index is 1450. The fourth-order valence-corrected chi connectivity index (χ4v) is 5.32. The van der Waals surface area contributed by atoms with Gasteiger partial charge in [0.05, 0.1) is 29.0 Å². The van der Waals surface area contributed by atoms with Crippen molar-refractivity contribution in [3.63, 3.8) is 0 Å². The number of alkyl halides is 2. The normalized spacial score (nSPS) is 16.8. The van der Waals surface area contributed by atoms with Gasteiger partial charge in [0, 0.05) is 25.7 Å². The lowest BCUT2D eigenvalue weighted by Gasteiger charge is -2.19. The molecule has 0 saturated carbocycles. The van der Waals surface area contributed by atoms with Crippen LogP contribution in [0.15, 0.2) is 35.4 Å². The highest BCUT2D eigenvalue weighted by Crippen LogP contribution is 2.39. The summed E-state index contributed by atoms with van der Waals surface area (Å²) in [6.45, 7) is -1.74. The number of fused-ring (bicyclic) bond motifs is 1. The second kappa shape index (κ2) is 9.64. The monoisotopic (exact) mass is 532 g/mol. The van der Waals surface area contributed by atoms with E-state index in [0.717, 1.165) is 16.4 Å². The number of aryl methyl sites for hydroxylation is 2. The third-order valence-corrected chi connectivity index (χ3v) is 7.41. The average molecular weight is 533 g/mol. The van der Waals surface area contributed by atoms with Crippen LogP contribution >= 0.6 is 11.6 Å². The minimum Gasteiger partial charge on any atom is -0.452 e. The first kappa shape index (κ1) is 25.2. The third kappa shape index (κ3) is 5.08. The molecule has 1 aliphatic heterocycles. The van der Waals surface area contributed by atoms with E-state index in [9.17, 15) is 26.4 Å². The molecule has 0 amide bonds. The first-order chi connectivity index (χ1) is 16.5. The van der Waals surface area contributed by atoms with Gasteiger partial charge in [-0.3, -0.25) is 9.52 Å². The highest BCUT2D eigenvalue weighted by atomic mass is 35.5. The summed E-state index contributed by atoms with van der Waals surface area (Å²) in [5, 5.41) is -0.0952. The lowest BCUT2D eigenvalue weighted by molar-refractivity contribution is -0.157. The van der Waals surface area contributed by atoms with Crippen molar-refractivity contribution in [1.82, 2.24) is 13.9 Å². The molecule has 0 radical (unpaired) electrons. The Labute approximate surface area is 203 Å². The number of rotatable bonds is 7. The summed E-state index contributed by atoms with van der Waals surface area (Å²) < 4.78 is 79.5. The molecule has 0 spiro atoms. The van der Waals surface area contributed by atoms with Gasteiger partial charge in [-0.05, 0) is 37.6 Å². The number of benzene rings is 2. The zero-order chi connectivity index (χ0) is 25.5. The second-order valence-electron chi connectivity index (χ2n) is 7.86. The van der Waals surface area contributed by atoms with Crippen LogP contribution in [-0.4, -0.2) is 48.1 Å². The van der Waals surface area contributed by atoms with Gasteiger partial charge in [0.2, 0.25) is 0 Å². The van der Waals surface area contributed by atoms with Crippen LogP contribution in [0.25, 0.3) is 10.9 Å². The smallest absolute Gasteiger partial charge is 0.345 e. The van der Waals surface area contributed by atoms with Crippen LogP contribution in [0.2, 0.25) is 5.02 Å². The number of ether oxygens (including phenoxy) is 2. The highest BCUT2D eigenvalue weighted by molar-refractivity contribution is 7.90. The summed E-state index contributed by atoms with van der Waals surface area (Å²) in [6.07, 6.45) is 0.512. The molecule has 35 heavy (non-hydrogen) atoms. The Kier molecular flexibility index (Phi) is 6.95. The molecule has 0 aliphatic carbocycles. The molecule has 2 aromatic carbocycles. The van der Waals surface area contributed by atoms with E-state index in [1.165, 1.54) is 30.1 Å². The van der Waals surface area contributed by atoms with E-state index in [2.05, 4.69) is 14.4 Å². The van der Waals surface area contributed by atoms with Crippen molar-refractivity contribution in [3.05, 3.63) is 57.3 Å². The number of nitrogens with one attached hydrogen (secondary N) is 1. The van der Waals surface area contributed by atoms with E-state index in [4.69, 9.17) is 16.3 Å². The van der Waals surface area contributed by atoms with E-state index in [0.29, 0.717) is 11.1 Å². The maximum atomic E-state index is 14.6. The van der Waals surface area contributed by atoms with Crippen LogP contribution in [0.1, 0.15) is 12.0 Å². The van der Waals surface area contributed by atoms with Crippen molar-refractivity contribution in [3.8, 4) is 11.5 Å². The van der Waals surface area contributed by atoms with Crippen molar-refractivity contribution in [2.45, 2.75) is 26.1 Å². The van der Waals surface area contributed by atoms with E-state index < -0.39 is 34.5 Å². The summed E-state index contributed by atoms with van der Waals surface area (Å²) in [7, 11) is -2.67. The molecule has 1 fully saturated rings. The molecule has 1 aromatic heterocycles. The Morgan fingerprint density at radius 2 is 2.00 bits per heavy atom. The number of hydrogen-bond acceptors (Lipinski definition) is 6. The summed E-state index contributed by atoms with van der Waals surface area (Å²) in [5.74, 6) is -1.21. The Morgan fingerprint density at radius 3 is 2.71 bits per heavy atom. The maximum Gasteiger partial charge on any atom is 0.345 e. The van der Waals surface area contributed by atoms with Crippen molar-refractivity contribution in [2.75, 3.05) is 17.8 Å². The van der Waals surface area contributed by atoms with Gasteiger partial charge >= 0.3 is 16.8 Å². The molecule has 188 valence electrons. The number of nitrogens with zero attached hydrogens (tertiary/aromatic N) is 3. The number of anilines is 1. The van der Waals surface area contributed by atoms with Gasteiger partial charge < -0.3 is 14.0 Å². The molecule has 14 heteroatoms. The molecule has 1 aliphatic rings. The molecule has 4 rings (SSSR count). The molecular formula is C21H20ClF3N4O5S. The molecule has 2 heterocycles. The number of hydrogen-bond donors (Lipinski definition) is 1. The standard InChI is InChI=1S/C21H20ClF3N4O5S/c1-11-16(6-5-14-17(11)20(30)28(2)10-26-14)34-19-13(23)3-4-15(18(19)22)27-35(31,32)29-8-7-12(9-29)33-21(24)25/h3-6,10,12,21,27H,7-9H2,1-2H3/t12-/m1/s1. The lowest BCUT2D eigenvalue weighted by Crippen LogP contribution is -2.35. The molecule has 1 atom stereocenters. The van der Waals surface area contributed by atoms with E-state index in [1.54, 1.807) is 6.92 Å². The molecule has 0 unspecified atom stereocenters.